The minimum Gasteiger partial charge on any atom is -0.477 e. The molecule has 2 heterocycles. The second kappa shape index (κ2) is 8.61. The highest BCUT2D eigenvalue weighted by molar-refractivity contribution is 5.38. The molecule has 136 valence electrons. The second-order valence-corrected chi connectivity index (χ2v) is 6.37. The maximum atomic E-state index is 5.78. The van der Waals surface area contributed by atoms with E-state index in [-0.39, 0.29) is 0 Å². The van der Waals surface area contributed by atoms with E-state index in [1.807, 2.05) is 44.4 Å². The number of aryl methyl sites for hydroxylation is 1. The summed E-state index contributed by atoms with van der Waals surface area (Å²) in [6.07, 6.45) is 7.90. The monoisotopic (exact) mass is 350 g/mol. The Morgan fingerprint density at radius 2 is 1.73 bits per heavy atom. The van der Waals surface area contributed by atoms with Gasteiger partial charge < -0.3 is 4.74 Å². The Morgan fingerprint density at radius 3 is 2.38 bits per heavy atom. The van der Waals surface area contributed by atoms with Gasteiger partial charge in [0.05, 0.1) is 12.3 Å². The lowest BCUT2D eigenvalue weighted by Gasteiger charge is -2.05. The molecular weight excluding hydrogens is 324 g/mol. The van der Waals surface area contributed by atoms with E-state index in [0.717, 1.165) is 36.1 Å². The van der Waals surface area contributed by atoms with Crippen LogP contribution in [0, 0.1) is 6.92 Å². The summed E-state index contributed by atoms with van der Waals surface area (Å²) in [6, 6.07) is 10.4. The molecule has 0 aliphatic carbocycles. The largest absolute Gasteiger partial charge is 0.477 e. The fourth-order valence-electron chi connectivity index (χ4n) is 2.93. The van der Waals surface area contributed by atoms with Gasteiger partial charge in [0.1, 0.15) is 0 Å². The highest BCUT2D eigenvalue weighted by atomic mass is 16.5. The van der Waals surface area contributed by atoms with Crippen LogP contribution in [0.25, 0.3) is 5.95 Å². The number of nitrogens with zero attached hydrogens (tertiary/aromatic N) is 4. The normalized spacial score (nSPS) is 10.9. The van der Waals surface area contributed by atoms with Crippen molar-refractivity contribution in [3.63, 3.8) is 0 Å². The Kier molecular flexibility index (Phi) is 6.00. The van der Waals surface area contributed by atoms with Crippen LogP contribution in [0.1, 0.15) is 49.1 Å². The third-order valence-electron chi connectivity index (χ3n) is 4.41. The van der Waals surface area contributed by atoms with Gasteiger partial charge in [-0.2, -0.15) is 4.68 Å². The van der Waals surface area contributed by atoms with Crippen LogP contribution in [0.5, 0.6) is 5.88 Å². The van der Waals surface area contributed by atoms with E-state index in [1.54, 1.807) is 4.68 Å². The first-order chi connectivity index (χ1) is 12.7. The Morgan fingerprint density at radius 1 is 1.00 bits per heavy atom. The number of ether oxygens (including phenoxy) is 1. The zero-order valence-electron chi connectivity index (χ0n) is 15.8. The van der Waals surface area contributed by atoms with Gasteiger partial charge in [0.15, 0.2) is 0 Å². The molecule has 0 N–H and O–H groups in total. The SMILES string of the molecule is CCCCc1cnc(-n2nc(OCC)c(Cc3ccccc3)c2C)nc1. The van der Waals surface area contributed by atoms with Crippen molar-refractivity contribution in [1.82, 2.24) is 19.7 Å². The number of aromatic nitrogens is 4. The van der Waals surface area contributed by atoms with Crippen LogP contribution in [0.3, 0.4) is 0 Å². The number of unbranched alkanes of at least 4 members (excludes halogenated alkanes) is 1. The average molecular weight is 350 g/mol. The van der Waals surface area contributed by atoms with Crippen LogP contribution < -0.4 is 4.74 Å². The summed E-state index contributed by atoms with van der Waals surface area (Å²) in [5.41, 5.74) is 4.48. The number of hydrogen-bond donors (Lipinski definition) is 0. The van der Waals surface area contributed by atoms with Gasteiger partial charge in [-0.15, -0.1) is 5.10 Å². The summed E-state index contributed by atoms with van der Waals surface area (Å²) in [4.78, 5) is 9.04. The summed E-state index contributed by atoms with van der Waals surface area (Å²) < 4.78 is 7.57. The van der Waals surface area contributed by atoms with Crippen molar-refractivity contribution in [1.29, 1.82) is 0 Å². The van der Waals surface area contributed by atoms with Gasteiger partial charge in [0.2, 0.25) is 5.88 Å². The molecule has 0 radical (unpaired) electrons. The Labute approximate surface area is 155 Å². The van der Waals surface area contributed by atoms with Crippen molar-refractivity contribution >= 4 is 0 Å². The quantitative estimate of drug-likeness (QED) is 0.608. The lowest BCUT2D eigenvalue weighted by Crippen LogP contribution is -2.06. The van der Waals surface area contributed by atoms with E-state index in [1.165, 1.54) is 12.0 Å². The van der Waals surface area contributed by atoms with Crippen molar-refractivity contribution in [2.24, 2.45) is 0 Å². The maximum Gasteiger partial charge on any atom is 0.250 e. The van der Waals surface area contributed by atoms with Crippen LogP contribution in [-0.2, 0) is 12.8 Å². The summed E-state index contributed by atoms with van der Waals surface area (Å²) in [5.74, 6) is 1.25. The molecule has 0 aliphatic heterocycles. The van der Waals surface area contributed by atoms with Crippen molar-refractivity contribution in [3.8, 4) is 11.8 Å². The molecule has 3 rings (SSSR count). The van der Waals surface area contributed by atoms with Gasteiger partial charge in [-0.05, 0) is 37.8 Å². The van der Waals surface area contributed by atoms with E-state index in [4.69, 9.17) is 4.74 Å². The van der Waals surface area contributed by atoms with Crippen LogP contribution in [0.2, 0.25) is 0 Å². The molecule has 5 nitrogen and oxygen atoms in total. The standard InChI is InChI=1S/C21H26N4O/c1-4-6-10-18-14-22-21(23-15-18)25-16(3)19(20(24-25)26-5-2)13-17-11-8-7-9-12-17/h7-9,11-12,14-15H,4-6,10,13H2,1-3H3. The van der Waals surface area contributed by atoms with Gasteiger partial charge in [-0.3, -0.25) is 0 Å². The molecule has 0 unspecified atom stereocenters. The molecule has 0 aliphatic rings. The lowest BCUT2D eigenvalue weighted by atomic mass is 10.1. The molecule has 3 aromatic rings. The van der Waals surface area contributed by atoms with Gasteiger partial charge in [-0.25, -0.2) is 9.97 Å². The highest BCUT2D eigenvalue weighted by Gasteiger charge is 2.18. The molecular formula is C21H26N4O. The molecule has 1 aromatic carbocycles. The van der Waals surface area contributed by atoms with E-state index in [9.17, 15) is 0 Å². The molecule has 0 saturated heterocycles. The summed E-state index contributed by atoms with van der Waals surface area (Å²) in [5, 5.41) is 4.63. The Hall–Kier alpha value is -2.69. The van der Waals surface area contributed by atoms with E-state index in [2.05, 4.69) is 34.1 Å². The summed E-state index contributed by atoms with van der Waals surface area (Å²) in [7, 11) is 0. The third kappa shape index (κ3) is 4.10. The van der Waals surface area contributed by atoms with Crippen LogP contribution in [0.4, 0.5) is 0 Å². The van der Waals surface area contributed by atoms with E-state index < -0.39 is 0 Å². The highest BCUT2D eigenvalue weighted by Crippen LogP contribution is 2.26. The molecule has 0 atom stereocenters. The minimum atomic E-state index is 0.578. The van der Waals surface area contributed by atoms with Gasteiger partial charge in [-0.1, -0.05) is 43.7 Å². The molecule has 2 aromatic heterocycles. The first-order valence-electron chi connectivity index (χ1n) is 9.29. The van der Waals surface area contributed by atoms with Gasteiger partial charge >= 0.3 is 0 Å². The molecule has 0 bridgehead atoms. The molecule has 26 heavy (non-hydrogen) atoms. The van der Waals surface area contributed by atoms with Crippen LogP contribution >= 0.6 is 0 Å². The maximum absolute atomic E-state index is 5.78. The topological polar surface area (TPSA) is 52.8 Å². The summed E-state index contributed by atoms with van der Waals surface area (Å²) >= 11 is 0. The third-order valence-corrected chi connectivity index (χ3v) is 4.41. The first-order valence-corrected chi connectivity index (χ1v) is 9.29. The molecule has 0 spiro atoms. The van der Waals surface area contributed by atoms with Crippen LogP contribution in [-0.4, -0.2) is 26.4 Å². The molecule has 5 heteroatoms. The number of benzene rings is 1. The fourth-order valence-corrected chi connectivity index (χ4v) is 2.93. The Bertz CT molecular complexity index is 825. The molecule has 0 fully saturated rings. The average Bonchev–Trinajstić information content (AvgIpc) is 2.98. The van der Waals surface area contributed by atoms with Gasteiger partial charge in [0, 0.05) is 24.4 Å². The number of hydrogen-bond acceptors (Lipinski definition) is 4. The number of rotatable bonds is 8. The molecule has 0 amide bonds. The minimum absolute atomic E-state index is 0.578. The van der Waals surface area contributed by atoms with Crippen molar-refractivity contribution in [2.45, 2.75) is 46.5 Å². The zero-order valence-corrected chi connectivity index (χ0v) is 15.8. The predicted octanol–water partition coefficient (Wildman–Crippen LogP) is 4.30. The fraction of sp³-hybridized carbons (Fsp3) is 0.381. The van der Waals surface area contributed by atoms with Crippen LogP contribution in [0.15, 0.2) is 42.7 Å². The van der Waals surface area contributed by atoms with E-state index in [0.29, 0.717) is 18.4 Å². The first kappa shape index (κ1) is 18.1. The Balaban J connectivity index is 1.91. The summed E-state index contributed by atoms with van der Waals surface area (Å²) in [6.45, 7) is 6.78. The van der Waals surface area contributed by atoms with Crippen molar-refractivity contribution < 1.29 is 4.74 Å². The molecule has 0 saturated carbocycles. The van der Waals surface area contributed by atoms with Gasteiger partial charge in [0.25, 0.3) is 5.95 Å². The smallest absolute Gasteiger partial charge is 0.250 e. The predicted molar refractivity (Wildman–Crippen MR) is 103 cm³/mol. The van der Waals surface area contributed by atoms with Crippen molar-refractivity contribution in [2.75, 3.05) is 6.61 Å². The van der Waals surface area contributed by atoms with E-state index >= 15 is 0 Å². The second-order valence-electron chi connectivity index (χ2n) is 6.37. The zero-order chi connectivity index (χ0) is 18.4. The van der Waals surface area contributed by atoms with Crippen molar-refractivity contribution in [3.05, 3.63) is 65.1 Å². The lowest BCUT2D eigenvalue weighted by molar-refractivity contribution is 0.321.